The Kier molecular flexibility index (Phi) is 8.49. The van der Waals surface area contributed by atoms with E-state index in [0.717, 1.165) is 19.2 Å². The van der Waals surface area contributed by atoms with Crippen molar-refractivity contribution in [2.45, 2.75) is 0 Å². The molecule has 19 heavy (non-hydrogen) atoms. The number of thiol groups is 1. The smallest absolute Gasteiger partial charge is 0.340 e. The lowest BCUT2D eigenvalue weighted by Crippen LogP contribution is -2.03. The summed E-state index contributed by atoms with van der Waals surface area (Å²) in [6.45, 7) is 0.184. The number of aliphatic hydroxyl groups excluding tert-OH is 1. The third kappa shape index (κ3) is 5.65. The number of nitrogens with zero attached hydrogens (tertiary/aromatic N) is 1. The van der Waals surface area contributed by atoms with Gasteiger partial charge in [-0.1, -0.05) is 23.2 Å². The van der Waals surface area contributed by atoms with Gasteiger partial charge in [0.2, 0.25) is 0 Å². The van der Waals surface area contributed by atoms with Crippen LogP contribution in [0.2, 0.25) is 10.0 Å². The molecule has 0 heterocycles. The van der Waals surface area contributed by atoms with Gasteiger partial charge in [-0.3, -0.25) is 10.1 Å². The summed E-state index contributed by atoms with van der Waals surface area (Å²) in [5, 5.41) is 18.0. The minimum atomic E-state index is -0.736. The first-order valence-electron chi connectivity index (χ1n) is 4.82. The zero-order valence-corrected chi connectivity index (χ0v) is 12.2. The molecule has 0 atom stereocenters. The Hall–Kier alpha value is -1.02. The first kappa shape index (κ1) is 18.0. The summed E-state index contributed by atoms with van der Waals surface area (Å²) in [7, 11) is 1.16. The Bertz CT molecular complexity index is 444. The second kappa shape index (κ2) is 8.98. The summed E-state index contributed by atoms with van der Waals surface area (Å²) in [4.78, 5) is 20.9. The van der Waals surface area contributed by atoms with Crippen LogP contribution in [0.3, 0.4) is 0 Å². The molecule has 0 spiro atoms. The predicted octanol–water partition coefficient (Wildman–Crippen LogP) is 2.60. The minimum absolute atomic E-state index is 0.0774. The van der Waals surface area contributed by atoms with Gasteiger partial charge in [0.1, 0.15) is 0 Å². The van der Waals surface area contributed by atoms with Gasteiger partial charge in [-0.15, -0.1) is 0 Å². The molecule has 9 heteroatoms. The van der Waals surface area contributed by atoms with Gasteiger partial charge in [-0.05, 0) is 0 Å². The molecule has 0 unspecified atom stereocenters. The lowest BCUT2D eigenvalue weighted by molar-refractivity contribution is -0.384. The van der Waals surface area contributed by atoms with Crippen LogP contribution in [0.25, 0.3) is 0 Å². The maximum absolute atomic E-state index is 11.2. The van der Waals surface area contributed by atoms with Crippen LogP contribution in [0.4, 0.5) is 5.69 Å². The van der Waals surface area contributed by atoms with E-state index in [1.165, 1.54) is 0 Å². The number of rotatable bonds is 3. The Morgan fingerprint density at radius 2 is 1.89 bits per heavy atom. The summed E-state index contributed by atoms with van der Waals surface area (Å²) in [5.74, 6) is -0.167. The standard InChI is InChI=1S/C8H5Cl2NO4.C2H6OS/c1-15-8(12)7-5(9)2-4(11(13)14)3-6(7)10;3-1-2-4/h2-3H,1H3;3-4H,1-2H2. The van der Waals surface area contributed by atoms with Gasteiger partial charge in [-0.2, -0.15) is 12.6 Å². The normalized spacial score (nSPS) is 9.32. The van der Waals surface area contributed by atoms with E-state index in [9.17, 15) is 14.9 Å². The predicted molar refractivity (Wildman–Crippen MR) is 75.4 cm³/mol. The molecule has 0 aromatic heterocycles. The zero-order valence-electron chi connectivity index (χ0n) is 9.80. The van der Waals surface area contributed by atoms with E-state index < -0.39 is 10.9 Å². The summed E-state index contributed by atoms with van der Waals surface area (Å²) in [6.07, 6.45) is 0. The number of nitro benzene ring substituents is 1. The van der Waals surface area contributed by atoms with Crippen LogP contribution in [-0.2, 0) is 4.74 Å². The van der Waals surface area contributed by atoms with Crippen LogP contribution >= 0.6 is 35.8 Å². The monoisotopic (exact) mass is 327 g/mol. The Morgan fingerprint density at radius 1 is 1.47 bits per heavy atom. The van der Waals surface area contributed by atoms with Crippen molar-refractivity contribution in [1.82, 2.24) is 0 Å². The molecular weight excluding hydrogens is 317 g/mol. The van der Waals surface area contributed by atoms with Gasteiger partial charge >= 0.3 is 5.97 Å². The van der Waals surface area contributed by atoms with Crippen molar-refractivity contribution >= 4 is 47.5 Å². The van der Waals surface area contributed by atoms with Crippen molar-refractivity contribution in [3.8, 4) is 0 Å². The molecule has 0 aliphatic carbocycles. The molecule has 0 radical (unpaired) electrons. The molecule has 6 nitrogen and oxygen atoms in total. The molecule has 0 aliphatic heterocycles. The molecular formula is C10H11Cl2NO5S. The second-order valence-electron chi connectivity index (χ2n) is 2.98. The molecule has 0 saturated heterocycles. The molecule has 106 valence electrons. The van der Waals surface area contributed by atoms with Gasteiger partial charge in [0.25, 0.3) is 5.69 Å². The van der Waals surface area contributed by atoms with E-state index in [1.807, 2.05) is 0 Å². The molecule has 0 amide bonds. The van der Waals surface area contributed by atoms with Gasteiger partial charge < -0.3 is 9.84 Å². The third-order valence-corrected chi connectivity index (χ3v) is 2.52. The molecule has 0 aliphatic rings. The van der Waals surface area contributed by atoms with Crippen LogP contribution in [0.15, 0.2) is 12.1 Å². The van der Waals surface area contributed by atoms with Crippen molar-refractivity contribution < 1.29 is 19.6 Å². The number of benzene rings is 1. The number of esters is 1. The van der Waals surface area contributed by atoms with Crippen LogP contribution in [0.1, 0.15) is 10.4 Å². The highest BCUT2D eigenvalue weighted by atomic mass is 35.5. The fraction of sp³-hybridized carbons (Fsp3) is 0.300. The topological polar surface area (TPSA) is 89.7 Å². The highest BCUT2D eigenvalue weighted by molar-refractivity contribution is 7.80. The highest BCUT2D eigenvalue weighted by Crippen LogP contribution is 2.30. The molecule has 1 rings (SSSR count). The van der Waals surface area contributed by atoms with E-state index in [0.29, 0.717) is 5.75 Å². The van der Waals surface area contributed by atoms with Crippen molar-refractivity contribution in [1.29, 1.82) is 0 Å². The lowest BCUT2D eigenvalue weighted by Gasteiger charge is -2.04. The SMILES string of the molecule is COC(=O)c1c(Cl)cc([N+](=O)[O-])cc1Cl.OCCS. The van der Waals surface area contributed by atoms with Crippen LogP contribution < -0.4 is 0 Å². The van der Waals surface area contributed by atoms with E-state index in [2.05, 4.69) is 17.4 Å². The Balaban J connectivity index is 0.000000711. The molecule has 0 fully saturated rings. The Morgan fingerprint density at radius 3 is 2.16 bits per heavy atom. The molecule has 0 bridgehead atoms. The van der Waals surface area contributed by atoms with Crippen molar-refractivity contribution in [2.24, 2.45) is 0 Å². The van der Waals surface area contributed by atoms with Gasteiger partial charge in [-0.25, -0.2) is 4.79 Å². The largest absolute Gasteiger partial charge is 0.465 e. The maximum atomic E-state index is 11.2. The lowest BCUT2D eigenvalue weighted by atomic mass is 10.2. The highest BCUT2D eigenvalue weighted by Gasteiger charge is 2.20. The number of ether oxygens (including phenoxy) is 1. The maximum Gasteiger partial charge on any atom is 0.340 e. The number of carbonyl (C=O) groups is 1. The number of hydrogen-bond donors (Lipinski definition) is 2. The quantitative estimate of drug-likeness (QED) is 0.385. The average molecular weight is 328 g/mol. The van der Waals surface area contributed by atoms with E-state index in [1.54, 1.807) is 0 Å². The number of nitro groups is 1. The van der Waals surface area contributed by atoms with Gasteiger partial charge in [0.15, 0.2) is 0 Å². The van der Waals surface area contributed by atoms with Crippen LogP contribution in [0.5, 0.6) is 0 Å². The number of halogens is 2. The van der Waals surface area contributed by atoms with E-state index >= 15 is 0 Å². The number of methoxy groups -OCH3 is 1. The van der Waals surface area contributed by atoms with Crippen molar-refractivity contribution in [2.75, 3.05) is 19.5 Å². The fourth-order valence-electron chi connectivity index (χ4n) is 0.962. The number of carbonyl (C=O) groups excluding carboxylic acids is 1. The van der Waals surface area contributed by atoms with Crippen molar-refractivity contribution in [3.63, 3.8) is 0 Å². The Labute approximate surface area is 124 Å². The van der Waals surface area contributed by atoms with Crippen LogP contribution in [0, 0.1) is 10.1 Å². The number of hydrogen-bond acceptors (Lipinski definition) is 6. The van der Waals surface area contributed by atoms with E-state index in [4.69, 9.17) is 28.3 Å². The summed E-state index contributed by atoms with van der Waals surface area (Å²) < 4.78 is 4.42. The summed E-state index contributed by atoms with van der Waals surface area (Å²) >= 11 is 15.0. The molecule has 1 N–H and O–H groups in total. The molecule has 1 aromatic carbocycles. The number of non-ortho nitro benzene ring substituents is 1. The first-order chi connectivity index (χ1) is 8.88. The third-order valence-electron chi connectivity index (χ3n) is 1.73. The van der Waals surface area contributed by atoms with E-state index in [-0.39, 0.29) is 27.9 Å². The fourth-order valence-corrected chi connectivity index (χ4v) is 1.59. The van der Waals surface area contributed by atoms with Gasteiger partial charge in [0.05, 0.1) is 34.2 Å². The molecule has 0 saturated carbocycles. The summed E-state index contributed by atoms with van der Waals surface area (Å²) in [5.41, 5.74) is -0.357. The zero-order chi connectivity index (χ0) is 15.0. The summed E-state index contributed by atoms with van der Waals surface area (Å²) in [6, 6.07) is 2.08. The minimum Gasteiger partial charge on any atom is -0.465 e. The molecule has 1 aromatic rings. The first-order valence-corrected chi connectivity index (χ1v) is 6.21. The van der Waals surface area contributed by atoms with Gasteiger partial charge in [0, 0.05) is 17.9 Å². The second-order valence-corrected chi connectivity index (χ2v) is 4.24. The van der Waals surface area contributed by atoms with Crippen molar-refractivity contribution in [3.05, 3.63) is 37.9 Å². The number of aliphatic hydroxyl groups is 1. The average Bonchev–Trinajstić information content (AvgIpc) is 2.37. The van der Waals surface area contributed by atoms with Crippen LogP contribution in [-0.4, -0.2) is 35.5 Å².